The fourth-order valence-corrected chi connectivity index (χ4v) is 3.91. The van der Waals surface area contributed by atoms with Crippen molar-refractivity contribution in [2.45, 2.75) is 25.2 Å². The largest absolute Gasteiger partial charge is 0.356 e. The van der Waals surface area contributed by atoms with E-state index in [4.69, 9.17) is 0 Å². The summed E-state index contributed by atoms with van der Waals surface area (Å²) in [5.41, 5.74) is 5.19. The van der Waals surface area contributed by atoms with Crippen LogP contribution in [0.3, 0.4) is 0 Å². The molecule has 0 aliphatic carbocycles. The lowest BCUT2D eigenvalue weighted by Crippen LogP contribution is -2.22. The van der Waals surface area contributed by atoms with Gasteiger partial charge in [0.15, 0.2) is 9.84 Å². The molecule has 0 radical (unpaired) electrons. The van der Waals surface area contributed by atoms with Crippen LogP contribution in [-0.2, 0) is 21.1 Å². The summed E-state index contributed by atoms with van der Waals surface area (Å²) in [6.45, 7) is 4.14. The molecule has 0 spiro atoms. The first-order valence-corrected chi connectivity index (χ1v) is 11.0. The molecule has 0 aliphatic rings. The maximum atomic E-state index is 11.8. The number of nitrogens with one attached hydrogen (secondary N) is 1. The Morgan fingerprint density at radius 2 is 1.68 bits per heavy atom. The number of aromatic nitrogens is 1. The summed E-state index contributed by atoms with van der Waals surface area (Å²) in [5.74, 6) is -0.0447. The summed E-state index contributed by atoms with van der Waals surface area (Å²) >= 11 is 0. The van der Waals surface area contributed by atoms with Gasteiger partial charge in [-0.1, -0.05) is 30.3 Å². The van der Waals surface area contributed by atoms with E-state index in [2.05, 4.69) is 22.9 Å². The Bertz CT molecular complexity index is 1080. The molecule has 1 aromatic heterocycles. The Balaban J connectivity index is 2.07. The lowest BCUT2D eigenvalue weighted by atomic mass is 10.1. The summed E-state index contributed by atoms with van der Waals surface area (Å²) in [6, 6.07) is 19.1. The third-order valence-electron chi connectivity index (χ3n) is 4.71. The fourth-order valence-electron chi connectivity index (χ4n) is 3.28. The molecule has 2 aromatic carbocycles. The molecule has 28 heavy (non-hydrogen) atoms. The first-order chi connectivity index (χ1) is 13.3. The number of carbonyl (C=O) groups is 1. The summed E-state index contributed by atoms with van der Waals surface area (Å²) in [5, 5.41) is 2.84. The van der Waals surface area contributed by atoms with Crippen LogP contribution in [0.25, 0.3) is 16.9 Å². The van der Waals surface area contributed by atoms with Crippen molar-refractivity contribution in [3.63, 3.8) is 0 Å². The van der Waals surface area contributed by atoms with Crippen molar-refractivity contribution in [1.82, 2.24) is 9.88 Å². The van der Waals surface area contributed by atoms with Gasteiger partial charge in [0.2, 0.25) is 5.91 Å². The number of amides is 1. The predicted molar refractivity (Wildman–Crippen MR) is 111 cm³/mol. The molecule has 1 heterocycles. The number of benzene rings is 2. The molecule has 5 nitrogen and oxygen atoms in total. The number of para-hydroxylation sites is 1. The average molecular weight is 397 g/mol. The van der Waals surface area contributed by atoms with Crippen LogP contribution < -0.4 is 5.32 Å². The quantitative estimate of drug-likeness (QED) is 0.693. The number of hydrogen-bond acceptors (Lipinski definition) is 3. The lowest BCUT2D eigenvalue weighted by molar-refractivity contribution is -0.118. The SMILES string of the molecule is CC(=O)NCCc1cc(-c2ccc(S(C)(=O)=O)cc2)n(-c2ccccc2)c1C. The lowest BCUT2D eigenvalue weighted by Gasteiger charge is -2.13. The summed E-state index contributed by atoms with van der Waals surface area (Å²) in [6.07, 6.45) is 1.93. The van der Waals surface area contributed by atoms with Crippen LogP contribution in [0.2, 0.25) is 0 Å². The molecular formula is C22H24N2O3S. The molecule has 3 aromatic rings. The second kappa shape index (κ2) is 8.02. The van der Waals surface area contributed by atoms with Gasteiger partial charge >= 0.3 is 0 Å². The van der Waals surface area contributed by atoms with E-state index in [1.165, 1.54) is 13.2 Å². The van der Waals surface area contributed by atoms with E-state index in [9.17, 15) is 13.2 Å². The highest BCUT2D eigenvalue weighted by Gasteiger charge is 2.16. The Hall–Kier alpha value is -2.86. The van der Waals surface area contributed by atoms with Gasteiger partial charge in [0.25, 0.3) is 0 Å². The van der Waals surface area contributed by atoms with Gasteiger partial charge in [-0.05, 0) is 54.8 Å². The molecular weight excluding hydrogens is 372 g/mol. The number of hydrogen-bond donors (Lipinski definition) is 1. The van der Waals surface area contributed by atoms with Crippen LogP contribution in [-0.4, -0.2) is 31.7 Å². The van der Waals surface area contributed by atoms with E-state index in [-0.39, 0.29) is 5.91 Å². The zero-order valence-corrected chi connectivity index (χ0v) is 17.1. The van der Waals surface area contributed by atoms with Gasteiger partial charge in [0, 0.05) is 31.1 Å². The molecule has 0 atom stereocenters. The highest BCUT2D eigenvalue weighted by molar-refractivity contribution is 7.90. The third-order valence-corrected chi connectivity index (χ3v) is 5.84. The molecule has 0 fully saturated rings. The van der Waals surface area contributed by atoms with Gasteiger partial charge < -0.3 is 9.88 Å². The number of nitrogens with zero attached hydrogens (tertiary/aromatic N) is 1. The van der Waals surface area contributed by atoms with Crippen molar-refractivity contribution in [1.29, 1.82) is 0 Å². The van der Waals surface area contributed by atoms with Crippen LogP contribution in [0.1, 0.15) is 18.2 Å². The summed E-state index contributed by atoms with van der Waals surface area (Å²) < 4.78 is 25.7. The highest BCUT2D eigenvalue weighted by atomic mass is 32.2. The van der Waals surface area contributed by atoms with Gasteiger partial charge in [0.05, 0.1) is 10.6 Å². The van der Waals surface area contributed by atoms with Crippen molar-refractivity contribution in [2.75, 3.05) is 12.8 Å². The second-order valence-corrected chi connectivity index (χ2v) is 8.86. The van der Waals surface area contributed by atoms with E-state index >= 15 is 0 Å². The third kappa shape index (κ3) is 4.34. The van der Waals surface area contributed by atoms with Crippen molar-refractivity contribution in [2.24, 2.45) is 0 Å². The van der Waals surface area contributed by atoms with E-state index in [0.29, 0.717) is 11.4 Å². The minimum atomic E-state index is -3.23. The first kappa shape index (κ1) is 19.9. The van der Waals surface area contributed by atoms with Gasteiger partial charge in [-0.25, -0.2) is 8.42 Å². The normalized spacial score (nSPS) is 11.4. The summed E-state index contributed by atoms with van der Waals surface area (Å²) in [4.78, 5) is 11.5. The van der Waals surface area contributed by atoms with Gasteiger partial charge in [0.1, 0.15) is 0 Å². The fraction of sp³-hybridized carbons (Fsp3) is 0.227. The molecule has 0 aliphatic heterocycles. The van der Waals surface area contributed by atoms with Crippen LogP contribution in [0.4, 0.5) is 0 Å². The number of carbonyl (C=O) groups excluding carboxylic acids is 1. The molecule has 1 N–H and O–H groups in total. The first-order valence-electron chi connectivity index (χ1n) is 9.09. The molecule has 6 heteroatoms. The monoisotopic (exact) mass is 396 g/mol. The molecule has 0 saturated heterocycles. The van der Waals surface area contributed by atoms with E-state index in [0.717, 1.165) is 34.6 Å². The zero-order valence-electron chi connectivity index (χ0n) is 16.3. The minimum absolute atomic E-state index is 0.0447. The molecule has 0 unspecified atom stereocenters. The van der Waals surface area contributed by atoms with E-state index in [1.54, 1.807) is 12.1 Å². The number of rotatable bonds is 6. The Morgan fingerprint density at radius 1 is 1.04 bits per heavy atom. The maximum absolute atomic E-state index is 11.8. The molecule has 1 amide bonds. The second-order valence-electron chi connectivity index (χ2n) is 6.84. The van der Waals surface area contributed by atoms with Gasteiger partial charge in [-0.3, -0.25) is 4.79 Å². The zero-order chi connectivity index (χ0) is 20.3. The Labute approximate surface area is 165 Å². The smallest absolute Gasteiger partial charge is 0.216 e. The van der Waals surface area contributed by atoms with Crippen LogP contribution in [0.15, 0.2) is 65.6 Å². The minimum Gasteiger partial charge on any atom is -0.356 e. The molecule has 3 rings (SSSR count). The van der Waals surface area contributed by atoms with Crippen LogP contribution in [0.5, 0.6) is 0 Å². The topological polar surface area (TPSA) is 68.2 Å². The molecule has 0 bridgehead atoms. The van der Waals surface area contributed by atoms with Crippen LogP contribution in [0, 0.1) is 6.92 Å². The Morgan fingerprint density at radius 3 is 2.25 bits per heavy atom. The standard InChI is InChI=1S/C22H24N2O3S/c1-16-19(13-14-23-17(2)25)15-22(24(16)20-7-5-4-6-8-20)18-9-11-21(12-10-18)28(3,26)27/h4-12,15H,13-14H2,1-3H3,(H,23,25). The van der Waals surface area contributed by atoms with Crippen molar-refractivity contribution >= 4 is 15.7 Å². The number of sulfone groups is 1. The predicted octanol–water partition coefficient (Wildman–Crippen LogP) is 3.53. The van der Waals surface area contributed by atoms with Gasteiger partial charge in [-0.15, -0.1) is 0 Å². The average Bonchev–Trinajstić information content (AvgIpc) is 2.98. The maximum Gasteiger partial charge on any atom is 0.216 e. The summed E-state index contributed by atoms with van der Waals surface area (Å²) in [7, 11) is -3.23. The van der Waals surface area contributed by atoms with E-state index < -0.39 is 9.84 Å². The molecule has 146 valence electrons. The Kier molecular flexibility index (Phi) is 5.70. The van der Waals surface area contributed by atoms with Crippen molar-refractivity contribution in [3.05, 3.63) is 71.9 Å². The van der Waals surface area contributed by atoms with Crippen molar-refractivity contribution in [3.8, 4) is 16.9 Å². The van der Waals surface area contributed by atoms with Crippen molar-refractivity contribution < 1.29 is 13.2 Å². The van der Waals surface area contributed by atoms with E-state index in [1.807, 2.05) is 42.5 Å². The van der Waals surface area contributed by atoms with Crippen LogP contribution >= 0.6 is 0 Å². The molecule has 0 saturated carbocycles. The highest BCUT2D eigenvalue weighted by Crippen LogP contribution is 2.30. The van der Waals surface area contributed by atoms with Gasteiger partial charge in [-0.2, -0.15) is 0 Å².